The van der Waals surface area contributed by atoms with Gasteiger partial charge in [-0.2, -0.15) is 5.10 Å². The van der Waals surface area contributed by atoms with Crippen LogP contribution in [0.5, 0.6) is 0 Å². The van der Waals surface area contributed by atoms with Crippen molar-refractivity contribution in [3.63, 3.8) is 0 Å². The van der Waals surface area contributed by atoms with Gasteiger partial charge in [0.05, 0.1) is 15.9 Å². The van der Waals surface area contributed by atoms with Crippen LogP contribution in [0.25, 0.3) is 0 Å². The van der Waals surface area contributed by atoms with Crippen molar-refractivity contribution in [1.82, 2.24) is 9.78 Å². The van der Waals surface area contributed by atoms with Gasteiger partial charge in [0.1, 0.15) is 0 Å². The van der Waals surface area contributed by atoms with Crippen LogP contribution in [0.2, 0.25) is 0 Å². The first-order chi connectivity index (χ1) is 10.2. The van der Waals surface area contributed by atoms with Gasteiger partial charge in [0.15, 0.2) is 0 Å². The molecule has 1 atom stereocenters. The highest BCUT2D eigenvalue weighted by Gasteiger charge is 2.18. The molecule has 0 aliphatic carbocycles. The molecule has 1 aromatic carbocycles. The van der Waals surface area contributed by atoms with Crippen molar-refractivity contribution in [3.8, 4) is 0 Å². The van der Waals surface area contributed by atoms with Crippen molar-refractivity contribution in [2.24, 2.45) is 5.92 Å². The third kappa shape index (κ3) is 4.19. The molecule has 1 aromatic heterocycles. The van der Waals surface area contributed by atoms with Crippen molar-refractivity contribution >= 4 is 31.9 Å². The van der Waals surface area contributed by atoms with Crippen molar-refractivity contribution < 1.29 is 0 Å². The molecule has 0 aliphatic rings. The number of rotatable bonds is 7. The molecule has 1 unspecified atom stereocenters. The minimum absolute atomic E-state index is 0.579. The van der Waals surface area contributed by atoms with E-state index < -0.39 is 0 Å². The minimum atomic E-state index is 0.579. The Balaban J connectivity index is 2.16. The SMILES string of the molecule is CCc1nn(CC)c(CC(CBr)Cc2ccccc2)c1Br. The van der Waals surface area contributed by atoms with Crippen LogP contribution in [-0.4, -0.2) is 15.1 Å². The molecule has 0 aliphatic heterocycles. The van der Waals surface area contributed by atoms with E-state index in [2.05, 4.69) is 80.7 Å². The van der Waals surface area contributed by atoms with Crippen LogP contribution in [0.15, 0.2) is 34.8 Å². The highest BCUT2D eigenvalue weighted by molar-refractivity contribution is 9.10. The van der Waals surface area contributed by atoms with Gasteiger partial charge >= 0.3 is 0 Å². The second kappa shape index (κ2) is 8.14. The third-order valence-electron chi connectivity index (χ3n) is 3.76. The Morgan fingerprint density at radius 3 is 2.43 bits per heavy atom. The first-order valence-corrected chi connectivity index (χ1v) is 9.44. The molecule has 1 heterocycles. The number of hydrogen-bond acceptors (Lipinski definition) is 1. The van der Waals surface area contributed by atoms with Gasteiger partial charge in [0.25, 0.3) is 0 Å². The van der Waals surface area contributed by atoms with Crippen LogP contribution in [0.3, 0.4) is 0 Å². The maximum absolute atomic E-state index is 4.70. The highest BCUT2D eigenvalue weighted by Crippen LogP contribution is 2.26. The number of hydrogen-bond donors (Lipinski definition) is 0. The molecule has 0 fully saturated rings. The van der Waals surface area contributed by atoms with Gasteiger partial charge < -0.3 is 0 Å². The average molecular weight is 414 g/mol. The number of halogens is 2. The van der Waals surface area contributed by atoms with E-state index in [1.807, 2.05) is 0 Å². The summed E-state index contributed by atoms with van der Waals surface area (Å²) in [4.78, 5) is 0. The van der Waals surface area contributed by atoms with Gasteiger partial charge in [-0.25, -0.2) is 0 Å². The van der Waals surface area contributed by atoms with E-state index in [9.17, 15) is 0 Å². The topological polar surface area (TPSA) is 17.8 Å². The molecule has 0 bridgehead atoms. The van der Waals surface area contributed by atoms with E-state index in [-0.39, 0.29) is 0 Å². The lowest BCUT2D eigenvalue weighted by Gasteiger charge is -2.15. The Bertz CT molecular complexity index is 564. The van der Waals surface area contributed by atoms with Crippen molar-refractivity contribution in [3.05, 3.63) is 51.8 Å². The Hall–Kier alpha value is -0.610. The molecule has 0 spiro atoms. The number of benzene rings is 1. The van der Waals surface area contributed by atoms with Crippen LogP contribution < -0.4 is 0 Å². The zero-order chi connectivity index (χ0) is 15.2. The Kier molecular flexibility index (Phi) is 6.49. The van der Waals surface area contributed by atoms with E-state index in [0.29, 0.717) is 5.92 Å². The first kappa shape index (κ1) is 16.8. The standard InChI is InChI=1S/C17H22Br2N2/c1-3-15-17(19)16(21(4-2)20-15)11-14(12-18)10-13-8-6-5-7-9-13/h5-9,14H,3-4,10-12H2,1-2H3. The highest BCUT2D eigenvalue weighted by atomic mass is 79.9. The van der Waals surface area contributed by atoms with E-state index >= 15 is 0 Å². The quantitative estimate of drug-likeness (QED) is 0.582. The first-order valence-electron chi connectivity index (χ1n) is 7.53. The van der Waals surface area contributed by atoms with Gasteiger partial charge in [-0.15, -0.1) is 0 Å². The normalized spacial score (nSPS) is 12.6. The zero-order valence-corrected chi connectivity index (χ0v) is 15.8. The van der Waals surface area contributed by atoms with Crippen molar-refractivity contribution in [2.75, 3.05) is 5.33 Å². The predicted octanol–water partition coefficient (Wildman–Crippen LogP) is 5.02. The molecule has 0 amide bonds. The zero-order valence-electron chi connectivity index (χ0n) is 12.6. The Labute approximate surface area is 144 Å². The van der Waals surface area contributed by atoms with Gasteiger partial charge in [0, 0.05) is 11.9 Å². The smallest absolute Gasteiger partial charge is 0.0766 e. The van der Waals surface area contributed by atoms with Gasteiger partial charge in [-0.3, -0.25) is 4.68 Å². The van der Waals surface area contributed by atoms with E-state index in [0.717, 1.165) is 31.1 Å². The fourth-order valence-corrected chi connectivity index (χ4v) is 3.80. The number of aromatic nitrogens is 2. The minimum Gasteiger partial charge on any atom is -0.268 e. The van der Waals surface area contributed by atoms with Crippen LogP contribution >= 0.6 is 31.9 Å². The van der Waals surface area contributed by atoms with E-state index in [1.54, 1.807) is 0 Å². The maximum Gasteiger partial charge on any atom is 0.0766 e. The Morgan fingerprint density at radius 1 is 1.14 bits per heavy atom. The summed E-state index contributed by atoms with van der Waals surface area (Å²) in [5.74, 6) is 0.579. The molecule has 2 nitrogen and oxygen atoms in total. The number of aryl methyl sites for hydroxylation is 2. The molecule has 0 saturated heterocycles. The second-order valence-corrected chi connectivity index (χ2v) is 6.73. The second-order valence-electron chi connectivity index (χ2n) is 5.29. The van der Waals surface area contributed by atoms with Crippen molar-refractivity contribution in [2.45, 2.75) is 39.7 Å². The molecule has 4 heteroatoms. The molecule has 114 valence electrons. The maximum atomic E-state index is 4.70. The van der Waals surface area contributed by atoms with Gasteiger partial charge in [0.2, 0.25) is 0 Å². The summed E-state index contributed by atoms with van der Waals surface area (Å²) in [5.41, 5.74) is 3.89. The average Bonchev–Trinajstić information content (AvgIpc) is 2.83. The summed E-state index contributed by atoms with van der Waals surface area (Å²) in [7, 11) is 0. The molecule has 2 rings (SSSR count). The largest absolute Gasteiger partial charge is 0.268 e. The molecular formula is C17H22Br2N2. The van der Waals surface area contributed by atoms with Crippen molar-refractivity contribution in [1.29, 1.82) is 0 Å². The predicted molar refractivity (Wildman–Crippen MR) is 96.1 cm³/mol. The van der Waals surface area contributed by atoms with Crippen LogP contribution in [0.1, 0.15) is 30.8 Å². The fourth-order valence-electron chi connectivity index (χ4n) is 2.61. The fraction of sp³-hybridized carbons (Fsp3) is 0.471. The summed E-state index contributed by atoms with van der Waals surface area (Å²) < 4.78 is 3.34. The van der Waals surface area contributed by atoms with Crippen LogP contribution in [-0.2, 0) is 25.8 Å². The number of nitrogens with zero attached hydrogens (tertiary/aromatic N) is 2. The monoisotopic (exact) mass is 412 g/mol. The van der Waals surface area contributed by atoms with Crippen LogP contribution in [0.4, 0.5) is 0 Å². The lowest BCUT2D eigenvalue weighted by molar-refractivity contribution is 0.534. The Morgan fingerprint density at radius 2 is 1.86 bits per heavy atom. The summed E-state index contributed by atoms with van der Waals surface area (Å²) >= 11 is 7.43. The molecule has 2 aromatic rings. The third-order valence-corrected chi connectivity index (χ3v) is 5.59. The lowest BCUT2D eigenvalue weighted by atomic mass is 9.96. The summed E-state index contributed by atoms with van der Waals surface area (Å²) in [5, 5.41) is 5.70. The van der Waals surface area contributed by atoms with Gasteiger partial charge in [-0.05, 0) is 53.6 Å². The summed E-state index contributed by atoms with van der Waals surface area (Å²) in [6.45, 7) is 5.24. The van der Waals surface area contributed by atoms with Crippen LogP contribution in [0, 0.1) is 5.92 Å². The molecular weight excluding hydrogens is 392 g/mol. The molecule has 0 radical (unpaired) electrons. The molecule has 0 N–H and O–H groups in total. The lowest BCUT2D eigenvalue weighted by Crippen LogP contribution is -2.14. The molecule has 21 heavy (non-hydrogen) atoms. The summed E-state index contributed by atoms with van der Waals surface area (Å²) in [6, 6.07) is 10.7. The van der Waals surface area contributed by atoms with E-state index in [4.69, 9.17) is 5.10 Å². The van der Waals surface area contributed by atoms with Gasteiger partial charge in [-0.1, -0.05) is 53.2 Å². The molecule has 0 saturated carbocycles. The summed E-state index contributed by atoms with van der Waals surface area (Å²) in [6.07, 6.45) is 3.11. The van der Waals surface area contributed by atoms with E-state index in [1.165, 1.54) is 21.4 Å². The number of alkyl halides is 1.